The van der Waals surface area contributed by atoms with Crippen molar-refractivity contribution in [3.05, 3.63) is 39.6 Å². The molecule has 2 N–H and O–H groups in total. The highest BCUT2D eigenvalue weighted by atomic mass is 16.6. The summed E-state index contributed by atoms with van der Waals surface area (Å²) < 4.78 is 5.69. The third kappa shape index (κ3) is 6.05. The second-order valence-corrected chi connectivity index (χ2v) is 8.05. The van der Waals surface area contributed by atoms with E-state index in [4.69, 9.17) is 4.74 Å². The first kappa shape index (κ1) is 23.2. The van der Waals surface area contributed by atoms with E-state index in [2.05, 4.69) is 5.32 Å². The minimum Gasteiger partial charge on any atom is -0.494 e. The van der Waals surface area contributed by atoms with Crippen LogP contribution in [0.4, 0.5) is 10.5 Å². The van der Waals surface area contributed by atoms with Gasteiger partial charge in [-0.15, -0.1) is 0 Å². The van der Waals surface area contributed by atoms with Crippen molar-refractivity contribution in [1.82, 2.24) is 15.5 Å². The molecule has 32 heavy (non-hydrogen) atoms. The summed E-state index contributed by atoms with van der Waals surface area (Å²) >= 11 is 0. The van der Waals surface area contributed by atoms with E-state index < -0.39 is 16.9 Å². The van der Waals surface area contributed by atoms with Crippen LogP contribution in [0.1, 0.15) is 56.9 Å². The van der Waals surface area contributed by atoms with Crippen LogP contribution < -0.4 is 15.4 Å². The maximum Gasteiger partial charge on any atom is 0.326 e. The van der Waals surface area contributed by atoms with Gasteiger partial charge in [-0.05, 0) is 43.9 Å². The van der Waals surface area contributed by atoms with Crippen LogP contribution in [0.15, 0.2) is 23.9 Å². The van der Waals surface area contributed by atoms with Crippen LogP contribution in [0.2, 0.25) is 0 Å². The van der Waals surface area contributed by atoms with Crippen molar-refractivity contribution in [2.45, 2.75) is 57.4 Å². The van der Waals surface area contributed by atoms with Crippen molar-refractivity contribution in [1.29, 1.82) is 0 Å². The third-order valence-electron chi connectivity index (χ3n) is 5.78. The number of imide groups is 1. The molecule has 4 amide bonds. The standard InChI is InChI=1S/C22H28N4O6/c1-25(16-7-3-2-4-8-16)20(27)9-5-6-12-32-17-10-11-19(26(30)31)15(13-17)14-18-21(28)24-22(29)23-18/h10-11,13-14,16H,2-9,12H2,1H3,(H2,23,24,28,29)/b18-14+. The van der Waals surface area contributed by atoms with Crippen molar-refractivity contribution in [2.75, 3.05) is 13.7 Å². The lowest BCUT2D eigenvalue weighted by Crippen LogP contribution is -2.38. The van der Waals surface area contributed by atoms with Gasteiger partial charge in [-0.3, -0.25) is 25.0 Å². The number of unbranched alkanes of at least 4 members (excludes halogenated alkanes) is 1. The Morgan fingerprint density at radius 2 is 1.97 bits per heavy atom. The van der Waals surface area contributed by atoms with Crippen molar-refractivity contribution >= 4 is 29.6 Å². The number of nitrogens with zero attached hydrogens (tertiary/aromatic N) is 2. The summed E-state index contributed by atoms with van der Waals surface area (Å²) in [6, 6.07) is 3.89. The van der Waals surface area contributed by atoms with Gasteiger partial charge in [0.15, 0.2) is 0 Å². The molecular formula is C22H28N4O6. The molecule has 1 aliphatic heterocycles. The van der Waals surface area contributed by atoms with Crippen LogP contribution in [-0.4, -0.2) is 47.4 Å². The van der Waals surface area contributed by atoms with Gasteiger partial charge in [-0.2, -0.15) is 0 Å². The van der Waals surface area contributed by atoms with Gasteiger partial charge < -0.3 is 15.0 Å². The van der Waals surface area contributed by atoms with Gasteiger partial charge >= 0.3 is 6.03 Å². The molecule has 0 spiro atoms. The van der Waals surface area contributed by atoms with E-state index in [1.54, 1.807) is 0 Å². The molecule has 1 saturated heterocycles. The second-order valence-electron chi connectivity index (χ2n) is 8.05. The zero-order valence-corrected chi connectivity index (χ0v) is 18.1. The summed E-state index contributed by atoms with van der Waals surface area (Å²) in [5.41, 5.74) is -0.143. The van der Waals surface area contributed by atoms with Crippen molar-refractivity contribution in [3.8, 4) is 5.75 Å². The van der Waals surface area contributed by atoms with Gasteiger partial charge in [-0.25, -0.2) is 4.79 Å². The Kier molecular flexibility index (Phi) is 7.80. The topological polar surface area (TPSA) is 131 Å². The van der Waals surface area contributed by atoms with Crippen LogP contribution in [0.25, 0.3) is 6.08 Å². The van der Waals surface area contributed by atoms with Crippen LogP contribution in [0, 0.1) is 10.1 Å². The second kappa shape index (κ2) is 10.7. The fourth-order valence-electron chi connectivity index (χ4n) is 3.96. The highest BCUT2D eigenvalue weighted by Gasteiger charge is 2.25. The molecule has 3 rings (SSSR count). The maximum absolute atomic E-state index is 12.4. The third-order valence-corrected chi connectivity index (χ3v) is 5.78. The summed E-state index contributed by atoms with van der Waals surface area (Å²) in [6.45, 7) is 0.353. The number of nitro benzene ring substituents is 1. The Bertz CT molecular complexity index is 923. The Hall–Kier alpha value is -3.43. The lowest BCUT2D eigenvalue weighted by molar-refractivity contribution is -0.385. The van der Waals surface area contributed by atoms with Crippen molar-refractivity contribution < 1.29 is 24.0 Å². The van der Waals surface area contributed by atoms with E-state index >= 15 is 0 Å². The Morgan fingerprint density at radius 3 is 2.62 bits per heavy atom. The van der Waals surface area contributed by atoms with E-state index in [0.717, 1.165) is 12.8 Å². The molecule has 10 nitrogen and oxygen atoms in total. The minimum absolute atomic E-state index is 0.0733. The number of carbonyl (C=O) groups excluding carboxylic acids is 3. The van der Waals surface area contributed by atoms with Crippen LogP contribution in [-0.2, 0) is 9.59 Å². The number of rotatable bonds is 9. The molecule has 2 aliphatic rings. The van der Waals surface area contributed by atoms with Crippen molar-refractivity contribution in [3.63, 3.8) is 0 Å². The van der Waals surface area contributed by atoms with E-state index in [-0.39, 0.29) is 22.9 Å². The molecule has 0 aromatic heterocycles. The number of amides is 4. The Balaban J connectivity index is 1.51. The highest BCUT2D eigenvalue weighted by Crippen LogP contribution is 2.27. The van der Waals surface area contributed by atoms with Gasteiger partial charge in [0.1, 0.15) is 11.4 Å². The minimum atomic E-state index is -0.681. The fourth-order valence-corrected chi connectivity index (χ4v) is 3.96. The smallest absolute Gasteiger partial charge is 0.326 e. The van der Waals surface area contributed by atoms with Crippen molar-refractivity contribution in [2.24, 2.45) is 0 Å². The quantitative estimate of drug-likeness (QED) is 0.198. The van der Waals surface area contributed by atoms with Gasteiger partial charge in [0.05, 0.1) is 17.1 Å². The largest absolute Gasteiger partial charge is 0.494 e. The lowest BCUT2D eigenvalue weighted by Gasteiger charge is -2.31. The first-order valence-corrected chi connectivity index (χ1v) is 10.9. The Morgan fingerprint density at radius 1 is 1.22 bits per heavy atom. The van der Waals surface area contributed by atoms with E-state index in [1.165, 1.54) is 43.5 Å². The SMILES string of the molecule is CN(C(=O)CCCCOc1ccc([N+](=O)[O-])c(/C=C2/NC(=O)NC2=O)c1)C1CCCCC1. The van der Waals surface area contributed by atoms with Crippen LogP contribution >= 0.6 is 0 Å². The fraction of sp³-hybridized carbons (Fsp3) is 0.500. The van der Waals surface area contributed by atoms with Gasteiger partial charge in [-0.1, -0.05) is 19.3 Å². The number of carbonyl (C=O) groups is 3. The number of urea groups is 1. The molecule has 2 fully saturated rings. The first-order chi connectivity index (χ1) is 15.3. The molecule has 1 saturated carbocycles. The number of ether oxygens (including phenoxy) is 1. The Labute approximate surface area is 186 Å². The predicted octanol–water partition coefficient (Wildman–Crippen LogP) is 3.12. The molecule has 1 aromatic carbocycles. The highest BCUT2D eigenvalue weighted by molar-refractivity contribution is 6.14. The normalized spacial score (nSPS) is 17.7. The molecule has 0 unspecified atom stereocenters. The lowest BCUT2D eigenvalue weighted by atomic mass is 9.94. The molecular weight excluding hydrogens is 416 g/mol. The average Bonchev–Trinajstić information content (AvgIpc) is 3.09. The van der Waals surface area contributed by atoms with Gasteiger partial charge in [0.2, 0.25) is 5.91 Å². The zero-order valence-electron chi connectivity index (χ0n) is 18.1. The molecule has 0 radical (unpaired) electrons. The zero-order chi connectivity index (χ0) is 23.1. The number of hydrogen-bond acceptors (Lipinski definition) is 6. The predicted molar refractivity (Wildman–Crippen MR) is 117 cm³/mol. The maximum atomic E-state index is 12.4. The molecule has 1 aliphatic carbocycles. The molecule has 1 aromatic rings. The van der Waals surface area contributed by atoms with E-state index in [1.807, 2.05) is 17.3 Å². The summed E-state index contributed by atoms with van der Waals surface area (Å²) in [6.07, 6.45) is 8.82. The van der Waals surface area contributed by atoms with Gasteiger partial charge in [0, 0.05) is 25.6 Å². The molecule has 172 valence electrons. The van der Waals surface area contributed by atoms with E-state index in [0.29, 0.717) is 37.7 Å². The van der Waals surface area contributed by atoms with E-state index in [9.17, 15) is 24.5 Å². The number of nitro groups is 1. The molecule has 0 bridgehead atoms. The molecule has 1 heterocycles. The van der Waals surface area contributed by atoms with Crippen LogP contribution in [0.3, 0.4) is 0 Å². The number of hydrogen-bond donors (Lipinski definition) is 2. The number of nitrogens with one attached hydrogen (secondary N) is 2. The van der Waals surface area contributed by atoms with Crippen LogP contribution in [0.5, 0.6) is 5.75 Å². The summed E-state index contributed by atoms with van der Waals surface area (Å²) in [4.78, 5) is 48.0. The summed E-state index contributed by atoms with van der Waals surface area (Å²) in [7, 11) is 1.88. The average molecular weight is 444 g/mol. The number of benzene rings is 1. The molecule has 10 heteroatoms. The summed E-state index contributed by atoms with van der Waals surface area (Å²) in [5.74, 6) is -0.102. The van der Waals surface area contributed by atoms with Gasteiger partial charge in [0.25, 0.3) is 11.6 Å². The summed E-state index contributed by atoms with van der Waals surface area (Å²) in [5, 5.41) is 15.6. The first-order valence-electron chi connectivity index (χ1n) is 10.9. The molecule has 0 atom stereocenters. The monoisotopic (exact) mass is 444 g/mol.